The van der Waals surface area contributed by atoms with E-state index in [1.165, 1.54) is 17.5 Å². The van der Waals surface area contributed by atoms with Crippen LogP contribution >= 0.6 is 0 Å². The fraction of sp³-hybridized carbons (Fsp3) is 0.286. The van der Waals surface area contributed by atoms with Crippen LogP contribution in [0.4, 0.5) is 17.3 Å². The highest BCUT2D eigenvalue weighted by Gasteiger charge is 2.00. The van der Waals surface area contributed by atoms with Crippen molar-refractivity contribution in [1.29, 1.82) is 0 Å². The summed E-state index contributed by atoms with van der Waals surface area (Å²) in [4.78, 5) is 8.25. The zero-order valence-electron chi connectivity index (χ0n) is 11.1. The first-order valence-electron chi connectivity index (χ1n) is 6.20. The molecule has 2 rings (SSSR count). The minimum Gasteiger partial charge on any atom is -0.395 e. The van der Waals surface area contributed by atoms with Crippen LogP contribution in [0.1, 0.15) is 11.1 Å². The topological polar surface area (TPSA) is 70.1 Å². The minimum atomic E-state index is 0.0733. The van der Waals surface area contributed by atoms with E-state index < -0.39 is 0 Å². The highest BCUT2D eigenvalue weighted by atomic mass is 16.3. The molecular formula is C14H18N4O. The Morgan fingerprint density at radius 1 is 1.05 bits per heavy atom. The lowest BCUT2D eigenvalue weighted by atomic mass is 10.1. The molecule has 1 heterocycles. The van der Waals surface area contributed by atoms with E-state index in [2.05, 4.69) is 46.6 Å². The summed E-state index contributed by atoms with van der Waals surface area (Å²) >= 11 is 0. The maximum atomic E-state index is 8.77. The van der Waals surface area contributed by atoms with E-state index >= 15 is 0 Å². The van der Waals surface area contributed by atoms with Gasteiger partial charge in [0.1, 0.15) is 18.0 Å². The first kappa shape index (κ1) is 13.3. The van der Waals surface area contributed by atoms with Crippen LogP contribution < -0.4 is 10.6 Å². The first-order valence-corrected chi connectivity index (χ1v) is 6.20. The molecule has 0 aliphatic heterocycles. The van der Waals surface area contributed by atoms with Crippen molar-refractivity contribution in [3.05, 3.63) is 41.7 Å². The van der Waals surface area contributed by atoms with E-state index in [-0.39, 0.29) is 6.61 Å². The Kier molecular flexibility index (Phi) is 4.30. The molecule has 0 fully saturated rings. The van der Waals surface area contributed by atoms with Crippen molar-refractivity contribution in [3.63, 3.8) is 0 Å². The Bertz CT molecular complexity index is 557. The fourth-order valence-corrected chi connectivity index (χ4v) is 1.67. The molecule has 0 saturated carbocycles. The highest BCUT2D eigenvalue weighted by Crippen LogP contribution is 2.19. The Labute approximate surface area is 112 Å². The molecule has 100 valence electrons. The average molecular weight is 258 g/mol. The summed E-state index contributed by atoms with van der Waals surface area (Å²) in [5.74, 6) is 1.41. The third-order valence-corrected chi connectivity index (χ3v) is 2.86. The Morgan fingerprint density at radius 3 is 2.58 bits per heavy atom. The summed E-state index contributed by atoms with van der Waals surface area (Å²) in [5, 5.41) is 15.0. The molecular weight excluding hydrogens is 240 g/mol. The lowest BCUT2D eigenvalue weighted by Gasteiger charge is -2.09. The van der Waals surface area contributed by atoms with Crippen LogP contribution in [0.3, 0.4) is 0 Å². The molecule has 19 heavy (non-hydrogen) atoms. The second kappa shape index (κ2) is 6.15. The summed E-state index contributed by atoms with van der Waals surface area (Å²) in [5.41, 5.74) is 3.49. The SMILES string of the molecule is Cc1ccc(Nc2cc(NCCO)ncn2)cc1C. The van der Waals surface area contributed by atoms with E-state index in [0.29, 0.717) is 12.4 Å². The molecule has 0 bridgehead atoms. The Hall–Kier alpha value is -2.14. The van der Waals surface area contributed by atoms with Crippen LogP contribution in [-0.4, -0.2) is 28.2 Å². The van der Waals surface area contributed by atoms with Crippen molar-refractivity contribution in [2.75, 3.05) is 23.8 Å². The number of aromatic nitrogens is 2. The quantitative estimate of drug-likeness (QED) is 0.767. The fourth-order valence-electron chi connectivity index (χ4n) is 1.67. The van der Waals surface area contributed by atoms with Gasteiger partial charge in [-0.1, -0.05) is 6.07 Å². The van der Waals surface area contributed by atoms with Gasteiger partial charge in [0, 0.05) is 18.3 Å². The molecule has 0 saturated heterocycles. The lowest BCUT2D eigenvalue weighted by Crippen LogP contribution is -2.07. The Morgan fingerprint density at radius 2 is 1.84 bits per heavy atom. The second-order valence-corrected chi connectivity index (χ2v) is 4.36. The highest BCUT2D eigenvalue weighted by molar-refractivity contribution is 5.60. The van der Waals surface area contributed by atoms with Gasteiger partial charge in [0.2, 0.25) is 0 Å². The molecule has 1 aromatic carbocycles. The lowest BCUT2D eigenvalue weighted by molar-refractivity contribution is 0.311. The summed E-state index contributed by atoms with van der Waals surface area (Å²) in [6, 6.07) is 7.98. The van der Waals surface area contributed by atoms with E-state index in [1.807, 2.05) is 12.1 Å². The minimum absolute atomic E-state index is 0.0733. The molecule has 0 aliphatic rings. The third kappa shape index (κ3) is 3.66. The summed E-state index contributed by atoms with van der Waals surface area (Å²) < 4.78 is 0. The molecule has 5 nitrogen and oxygen atoms in total. The summed E-state index contributed by atoms with van der Waals surface area (Å²) in [6.07, 6.45) is 1.49. The monoisotopic (exact) mass is 258 g/mol. The number of aryl methyl sites for hydroxylation is 2. The van der Waals surface area contributed by atoms with Gasteiger partial charge in [-0.2, -0.15) is 0 Å². The van der Waals surface area contributed by atoms with Crippen LogP contribution in [0.5, 0.6) is 0 Å². The first-order chi connectivity index (χ1) is 9.19. The number of anilines is 3. The maximum Gasteiger partial charge on any atom is 0.135 e. The molecule has 0 radical (unpaired) electrons. The van der Waals surface area contributed by atoms with Gasteiger partial charge in [-0.3, -0.25) is 0 Å². The maximum absolute atomic E-state index is 8.77. The molecule has 0 unspecified atom stereocenters. The molecule has 0 spiro atoms. The van der Waals surface area contributed by atoms with Crippen LogP contribution in [0, 0.1) is 13.8 Å². The summed E-state index contributed by atoms with van der Waals surface area (Å²) in [7, 11) is 0. The van der Waals surface area contributed by atoms with E-state index in [4.69, 9.17) is 5.11 Å². The number of nitrogens with one attached hydrogen (secondary N) is 2. The summed E-state index contributed by atoms with van der Waals surface area (Å²) in [6.45, 7) is 4.71. The van der Waals surface area contributed by atoms with Gasteiger partial charge >= 0.3 is 0 Å². The van der Waals surface area contributed by atoms with Crippen molar-refractivity contribution < 1.29 is 5.11 Å². The number of rotatable bonds is 5. The normalized spacial score (nSPS) is 10.3. The van der Waals surface area contributed by atoms with Crippen LogP contribution in [0.2, 0.25) is 0 Å². The number of benzene rings is 1. The smallest absolute Gasteiger partial charge is 0.135 e. The zero-order chi connectivity index (χ0) is 13.7. The van der Waals surface area contributed by atoms with Gasteiger partial charge in [-0.05, 0) is 37.1 Å². The molecule has 0 atom stereocenters. The Balaban J connectivity index is 2.11. The molecule has 2 aromatic rings. The number of hydrogen-bond donors (Lipinski definition) is 3. The number of hydrogen-bond acceptors (Lipinski definition) is 5. The van der Waals surface area contributed by atoms with Gasteiger partial charge in [0.15, 0.2) is 0 Å². The van der Waals surface area contributed by atoms with Gasteiger partial charge in [0.25, 0.3) is 0 Å². The third-order valence-electron chi connectivity index (χ3n) is 2.86. The van der Waals surface area contributed by atoms with Gasteiger partial charge in [-0.15, -0.1) is 0 Å². The van der Waals surface area contributed by atoms with Gasteiger partial charge in [0.05, 0.1) is 6.61 Å². The van der Waals surface area contributed by atoms with E-state index in [1.54, 1.807) is 0 Å². The second-order valence-electron chi connectivity index (χ2n) is 4.36. The van der Waals surface area contributed by atoms with Crippen LogP contribution in [-0.2, 0) is 0 Å². The number of aliphatic hydroxyl groups excluding tert-OH is 1. The van der Waals surface area contributed by atoms with Crippen molar-refractivity contribution in [1.82, 2.24) is 9.97 Å². The van der Waals surface area contributed by atoms with Crippen LogP contribution in [0.15, 0.2) is 30.6 Å². The van der Waals surface area contributed by atoms with Gasteiger partial charge < -0.3 is 15.7 Å². The van der Waals surface area contributed by atoms with E-state index in [9.17, 15) is 0 Å². The standard InChI is InChI=1S/C14H18N4O/c1-10-3-4-12(7-11(10)2)18-14-8-13(15-5-6-19)16-9-17-14/h3-4,7-9,19H,5-6H2,1-2H3,(H2,15,16,17,18). The largest absolute Gasteiger partial charge is 0.395 e. The van der Waals surface area contributed by atoms with Crippen LogP contribution in [0.25, 0.3) is 0 Å². The number of nitrogens with zero attached hydrogens (tertiary/aromatic N) is 2. The number of aliphatic hydroxyl groups is 1. The molecule has 0 aliphatic carbocycles. The van der Waals surface area contributed by atoms with E-state index in [0.717, 1.165) is 11.5 Å². The molecule has 5 heteroatoms. The van der Waals surface area contributed by atoms with Gasteiger partial charge in [-0.25, -0.2) is 9.97 Å². The predicted octanol–water partition coefficient (Wildman–Crippen LogP) is 2.24. The zero-order valence-corrected chi connectivity index (χ0v) is 11.1. The van der Waals surface area contributed by atoms with Crippen molar-refractivity contribution in [2.24, 2.45) is 0 Å². The van der Waals surface area contributed by atoms with Crippen molar-refractivity contribution in [3.8, 4) is 0 Å². The molecule has 1 aromatic heterocycles. The molecule has 0 amide bonds. The van der Waals surface area contributed by atoms with Crippen molar-refractivity contribution in [2.45, 2.75) is 13.8 Å². The predicted molar refractivity (Wildman–Crippen MR) is 76.8 cm³/mol. The molecule has 3 N–H and O–H groups in total. The van der Waals surface area contributed by atoms with Crippen molar-refractivity contribution >= 4 is 17.3 Å². The average Bonchev–Trinajstić information content (AvgIpc) is 2.41.